The number of methoxy groups -OCH3 is 1. The van der Waals surface area contributed by atoms with Gasteiger partial charge in [-0.3, -0.25) is 0 Å². The molecule has 0 aromatic heterocycles. The number of nitrogens with two attached hydrogens (primary N) is 1. The van der Waals surface area contributed by atoms with Gasteiger partial charge >= 0.3 is 0 Å². The van der Waals surface area contributed by atoms with E-state index >= 15 is 0 Å². The number of hydrogen-bond acceptors (Lipinski definition) is 3. The molecule has 0 aliphatic heterocycles. The molecule has 15 heavy (non-hydrogen) atoms. The van der Waals surface area contributed by atoms with Crippen LogP contribution in [-0.4, -0.2) is 17.8 Å². The first-order valence-electron chi connectivity index (χ1n) is 4.88. The zero-order chi connectivity index (χ0) is 11.1. The average Bonchev–Trinajstić information content (AvgIpc) is 2.89. The standard InChI is InChI=1S/C11H14FNO2/c1-15-10-5-8(12)9(14)4-7(10)6-11(13)2-3-11/h4-5,14H,2-3,6,13H2,1H3. The van der Waals surface area contributed by atoms with Crippen LogP contribution in [0.25, 0.3) is 0 Å². The van der Waals surface area contributed by atoms with Gasteiger partial charge < -0.3 is 15.6 Å². The number of rotatable bonds is 3. The molecule has 1 aliphatic rings. The molecule has 0 heterocycles. The minimum Gasteiger partial charge on any atom is -0.505 e. The Morgan fingerprint density at radius 3 is 2.73 bits per heavy atom. The van der Waals surface area contributed by atoms with Gasteiger partial charge in [-0.2, -0.15) is 0 Å². The number of phenols is 1. The van der Waals surface area contributed by atoms with E-state index in [0.29, 0.717) is 12.2 Å². The summed E-state index contributed by atoms with van der Waals surface area (Å²) in [5, 5.41) is 9.27. The van der Waals surface area contributed by atoms with Crippen molar-refractivity contribution in [3.05, 3.63) is 23.5 Å². The second-order valence-electron chi connectivity index (χ2n) is 4.15. The molecular formula is C11H14FNO2. The minimum atomic E-state index is -0.669. The van der Waals surface area contributed by atoms with Crippen LogP contribution in [0, 0.1) is 5.82 Å². The highest BCUT2D eigenvalue weighted by molar-refractivity contribution is 5.42. The maximum absolute atomic E-state index is 13.0. The van der Waals surface area contributed by atoms with Crippen molar-refractivity contribution in [1.29, 1.82) is 0 Å². The van der Waals surface area contributed by atoms with Gasteiger partial charge in [-0.1, -0.05) is 0 Å². The lowest BCUT2D eigenvalue weighted by molar-refractivity contribution is 0.392. The molecule has 4 heteroatoms. The van der Waals surface area contributed by atoms with E-state index in [1.54, 1.807) is 0 Å². The van der Waals surface area contributed by atoms with Crippen LogP contribution in [0.1, 0.15) is 18.4 Å². The summed E-state index contributed by atoms with van der Waals surface area (Å²) in [7, 11) is 1.48. The Kier molecular flexibility index (Phi) is 2.31. The third kappa shape index (κ3) is 2.04. The Hall–Kier alpha value is -1.29. The average molecular weight is 211 g/mol. The van der Waals surface area contributed by atoms with E-state index in [1.807, 2.05) is 0 Å². The van der Waals surface area contributed by atoms with E-state index in [2.05, 4.69) is 0 Å². The molecule has 3 nitrogen and oxygen atoms in total. The molecule has 1 aliphatic carbocycles. The van der Waals surface area contributed by atoms with Gasteiger partial charge in [-0.15, -0.1) is 0 Å². The first-order chi connectivity index (χ1) is 7.04. The lowest BCUT2D eigenvalue weighted by atomic mass is 10.0. The zero-order valence-electron chi connectivity index (χ0n) is 8.59. The predicted octanol–water partition coefficient (Wildman–Crippen LogP) is 1.57. The highest BCUT2D eigenvalue weighted by Gasteiger charge is 2.38. The SMILES string of the molecule is COc1cc(F)c(O)cc1CC1(N)CC1. The number of halogens is 1. The van der Waals surface area contributed by atoms with Crippen molar-refractivity contribution in [2.75, 3.05) is 7.11 Å². The molecule has 3 N–H and O–H groups in total. The van der Waals surface area contributed by atoms with Crippen LogP contribution in [-0.2, 0) is 6.42 Å². The number of phenolic OH excluding ortho intramolecular Hbond substituents is 1. The van der Waals surface area contributed by atoms with E-state index in [1.165, 1.54) is 19.2 Å². The highest BCUT2D eigenvalue weighted by atomic mass is 19.1. The summed E-state index contributed by atoms with van der Waals surface area (Å²) in [4.78, 5) is 0. The lowest BCUT2D eigenvalue weighted by Gasteiger charge is -2.13. The highest BCUT2D eigenvalue weighted by Crippen LogP contribution is 2.39. The van der Waals surface area contributed by atoms with Crippen molar-refractivity contribution < 1.29 is 14.2 Å². The Bertz CT molecular complexity index is 388. The summed E-state index contributed by atoms with van der Waals surface area (Å²) in [6.45, 7) is 0. The fourth-order valence-corrected chi connectivity index (χ4v) is 1.63. The van der Waals surface area contributed by atoms with Crippen molar-refractivity contribution in [2.24, 2.45) is 5.73 Å². The number of ether oxygens (including phenoxy) is 1. The second kappa shape index (κ2) is 3.38. The Labute approximate surface area is 87.7 Å². The summed E-state index contributed by atoms with van der Waals surface area (Å²) < 4.78 is 18.1. The van der Waals surface area contributed by atoms with Gasteiger partial charge in [0.1, 0.15) is 5.75 Å². The van der Waals surface area contributed by atoms with Crippen LogP contribution >= 0.6 is 0 Å². The first kappa shape index (κ1) is 10.2. The quantitative estimate of drug-likeness (QED) is 0.798. The largest absolute Gasteiger partial charge is 0.505 e. The summed E-state index contributed by atoms with van der Waals surface area (Å²) in [6, 6.07) is 2.58. The van der Waals surface area contributed by atoms with Gasteiger partial charge in [0.25, 0.3) is 0 Å². The van der Waals surface area contributed by atoms with Crippen molar-refractivity contribution in [3.63, 3.8) is 0 Å². The van der Waals surface area contributed by atoms with E-state index in [9.17, 15) is 9.50 Å². The van der Waals surface area contributed by atoms with Crippen LogP contribution in [0.15, 0.2) is 12.1 Å². The smallest absolute Gasteiger partial charge is 0.168 e. The molecule has 2 rings (SSSR count). The third-order valence-corrected chi connectivity index (χ3v) is 2.78. The Morgan fingerprint density at radius 1 is 1.53 bits per heavy atom. The van der Waals surface area contributed by atoms with Gasteiger partial charge in [0.05, 0.1) is 7.11 Å². The summed E-state index contributed by atoms with van der Waals surface area (Å²) in [5.41, 5.74) is 6.54. The van der Waals surface area contributed by atoms with Gasteiger partial charge in [0, 0.05) is 11.6 Å². The fraction of sp³-hybridized carbons (Fsp3) is 0.455. The molecule has 0 bridgehead atoms. The monoisotopic (exact) mass is 211 g/mol. The molecule has 0 saturated heterocycles. The van der Waals surface area contributed by atoms with E-state index in [-0.39, 0.29) is 11.3 Å². The molecule has 82 valence electrons. The number of aromatic hydroxyl groups is 1. The van der Waals surface area contributed by atoms with Crippen LogP contribution in [0.5, 0.6) is 11.5 Å². The minimum absolute atomic E-state index is 0.183. The molecule has 1 fully saturated rings. The third-order valence-electron chi connectivity index (χ3n) is 2.78. The van der Waals surface area contributed by atoms with Gasteiger partial charge in [-0.05, 0) is 30.9 Å². The Morgan fingerprint density at radius 2 is 2.20 bits per heavy atom. The summed E-state index contributed by atoms with van der Waals surface area (Å²) in [6.07, 6.45) is 2.55. The molecular weight excluding hydrogens is 197 g/mol. The molecule has 1 aromatic rings. The van der Waals surface area contributed by atoms with Gasteiger partial charge in [-0.25, -0.2) is 4.39 Å². The van der Waals surface area contributed by atoms with Crippen molar-refractivity contribution >= 4 is 0 Å². The van der Waals surface area contributed by atoms with E-state index in [4.69, 9.17) is 10.5 Å². The van der Waals surface area contributed by atoms with Crippen LogP contribution < -0.4 is 10.5 Å². The normalized spacial score (nSPS) is 17.5. The van der Waals surface area contributed by atoms with E-state index < -0.39 is 5.82 Å². The first-order valence-corrected chi connectivity index (χ1v) is 4.88. The number of hydrogen-bond donors (Lipinski definition) is 2. The van der Waals surface area contributed by atoms with Crippen molar-refractivity contribution in [2.45, 2.75) is 24.8 Å². The molecule has 1 aromatic carbocycles. The number of benzene rings is 1. The summed E-state index contributed by atoms with van der Waals surface area (Å²) >= 11 is 0. The maximum Gasteiger partial charge on any atom is 0.168 e. The molecule has 1 saturated carbocycles. The predicted molar refractivity (Wildman–Crippen MR) is 54.5 cm³/mol. The fourth-order valence-electron chi connectivity index (χ4n) is 1.63. The summed E-state index contributed by atoms with van der Waals surface area (Å²) in [5.74, 6) is -0.574. The lowest BCUT2D eigenvalue weighted by Crippen LogP contribution is -2.24. The van der Waals surface area contributed by atoms with Crippen molar-refractivity contribution in [3.8, 4) is 11.5 Å². The molecule has 0 amide bonds. The molecule has 0 radical (unpaired) electrons. The van der Waals surface area contributed by atoms with Crippen LogP contribution in [0.3, 0.4) is 0 Å². The van der Waals surface area contributed by atoms with Crippen LogP contribution in [0.2, 0.25) is 0 Å². The Balaban J connectivity index is 2.31. The zero-order valence-corrected chi connectivity index (χ0v) is 8.59. The maximum atomic E-state index is 13.0. The van der Waals surface area contributed by atoms with Gasteiger partial charge in [0.2, 0.25) is 0 Å². The van der Waals surface area contributed by atoms with Crippen LogP contribution in [0.4, 0.5) is 4.39 Å². The van der Waals surface area contributed by atoms with Gasteiger partial charge in [0.15, 0.2) is 11.6 Å². The van der Waals surface area contributed by atoms with Crippen molar-refractivity contribution in [1.82, 2.24) is 0 Å². The topological polar surface area (TPSA) is 55.5 Å². The van der Waals surface area contributed by atoms with E-state index in [0.717, 1.165) is 18.4 Å². The second-order valence-corrected chi connectivity index (χ2v) is 4.15. The molecule has 0 atom stereocenters. The molecule has 0 unspecified atom stereocenters. The molecule has 0 spiro atoms.